The molecule has 1 aliphatic rings. The topological polar surface area (TPSA) is 46.3 Å². The number of rotatable bonds is 1. The predicted molar refractivity (Wildman–Crippen MR) is 59.7 cm³/mol. The lowest BCUT2D eigenvalue weighted by Gasteiger charge is -2.23. The van der Waals surface area contributed by atoms with Crippen LogP contribution < -0.4 is 5.73 Å². The molecule has 6 heteroatoms. The van der Waals surface area contributed by atoms with Gasteiger partial charge in [-0.3, -0.25) is 0 Å². The molecule has 0 spiro atoms. The van der Waals surface area contributed by atoms with Gasteiger partial charge in [-0.05, 0) is 30.5 Å². The zero-order chi connectivity index (χ0) is 13.3. The van der Waals surface area contributed by atoms with Crippen molar-refractivity contribution < 1.29 is 18.0 Å². The van der Waals surface area contributed by atoms with Crippen molar-refractivity contribution in [3.8, 4) is 0 Å². The molecule has 1 aliphatic heterocycles. The Morgan fingerprint density at radius 3 is 2.72 bits per heavy atom. The maximum absolute atomic E-state index is 12.6. The molecular weight excluding hydrogens is 245 g/mol. The fourth-order valence-corrected chi connectivity index (χ4v) is 2.30. The lowest BCUT2D eigenvalue weighted by Crippen LogP contribution is -2.35. The monoisotopic (exact) mass is 258 g/mol. The number of hydrogen-bond acceptors (Lipinski definition) is 1. The van der Waals surface area contributed by atoms with Crippen LogP contribution >= 0.6 is 0 Å². The Bertz CT molecular complexity index is 459. The average molecular weight is 258 g/mol. The van der Waals surface area contributed by atoms with E-state index >= 15 is 0 Å². The maximum atomic E-state index is 12.6. The maximum Gasteiger partial charge on any atom is 0.416 e. The molecule has 0 aliphatic carbocycles. The van der Waals surface area contributed by atoms with Crippen LogP contribution in [0.5, 0.6) is 0 Å². The molecule has 1 saturated heterocycles. The van der Waals surface area contributed by atoms with E-state index in [-0.39, 0.29) is 6.04 Å². The summed E-state index contributed by atoms with van der Waals surface area (Å²) in [6.07, 6.45) is -2.97. The smallest absolute Gasteiger partial charge is 0.351 e. The number of nitrogens with zero attached hydrogens (tertiary/aromatic N) is 1. The molecule has 0 aromatic heterocycles. The molecule has 0 radical (unpaired) electrons. The van der Waals surface area contributed by atoms with Gasteiger partial charge in [0.2, 0.25) is 0 Å². The number of amides is 2. The Hall–Kier alpha value is -1.72. The van der Waals surface area contributed by atoms with Crippen molar-refractivity contribution in [1.82, 2.24) is 4.90 Å². The van der Waals surface area contributed by atoms with Gasteiger partial charge in [-0.2, -0.15) is 13.2 Å². The molecule has 2 rings (SSSR count). The van der Waals surface area contributed by atoms with E-state index in [0.717, 1.165) is 18.6 Å². The second-order valence-electron chi connectivity index (χ2n) is 4.31. The quantitative estimate of drug-likeness (QED) is 0.827. The third-order valence-corrected chi connectivity index (χ3v) is 3.13. The lowest BCUT2D eigenvalue weighted by molar-refractivity contribution is -0.137. The number of alkyl halides is 3. The van der Waals surface area contributed by atoms with Gasteiger partial charge in [0.1, 0.15) is 0 Å². The Balaban J connectivity index is 2.31. The molecular formula is C12H13F3N2O. The van der Waals surface area contributed by atoms with E-state index in [2.05, 4.69) is 0 Å². The lowest BCUT2D eigenvalue weighted by atomic mass is 10.0. The van der Waals surface area contributed by atoms with Gasteiger partial charge in [-0.1, -0.05) is 12.1 Å². The molecule has 18 heavy (non-hydrogen) atoms. The third kappa shape index (κ3) is 2.42. The zero-order valence-electron chi connectivity index (χ0n) is 9.57. The number of carbonyl (C=O) groups is 1. The molecule has 0 saturated carbocycles. The fourth-order valence-electron chi connectivity index (χ4n) is 2.30. The standard InChI is InChI=1S/C12H13F3N2O/c13-12(14,15)9-4-1-3-8(7-9)10-5-2-6-17(10)11(16)18/h1,3-4,7,10H,2,5-6H2,(H2,16,18). The first-order chi connectivity index (χ1) is 8.39. The number of likely N-dealkylation sites (tertiary alicyclic amines) is 1. The van der Waals surface area contributed by atoms with Crippen LogP contribution in [0.1, 0.15) is 30.0 Å². The first-order valence-electron chi connectivity index (χ1n) is 5.63. The SMILES string of the molecule is NC(=O)N1CCCC1c1cccc(C(F)(F)F)c1. The van der Waals surface area contributed by atoms with Gasteiger partial charge >= 0.3 is 12.2 Å². The van der Waals surface area contributed by atoms with E-state index in [1.807, 2.05) is 0 Å². The zero-order valence-corrected chi connectivity index (χ0v) is 9.57. The van der Waals surface area contributed by atoms with Crippen LogP contribution in [0.2, 0.25) is 0 Å². The number of nitrogens with two attached hydrogens (primary N) is 1. The molecule has 1 fully saturated rings. The van der Waals surface area contributed by atoms with Crippen molar-refractivity contribution in [3.05, 3.63) is 35.4 Å². The minimum Gasteiger partial charge on any atom is -0.351 e. The normalized spacial score (nSPS) is 20.2. The van der Waals surface area contributed by atoms with Crippen molar-refractivity contribution in [2.24, 2.45) is 5.73 Å². The van der Waals surface area contributed by atoms with Crippen LogP contribution in [-0.4, -0.2) is 17.5 Å². The molecule has 1 atom stereocenters. The highest BCUT2D eigenvalue weighted by Gasteiger charge is 2.33. The number of halogens is 3. The molecule has 0 bridgehead atoms. The fraction of sp³-hybridized carbons (Fsp3) is 0.417. The Kier molecular flexibility index (Phi) is 3.19. The van der Waals surface area contributed by atoms with E-state index in [0.29, 0.717) is 18.5 Å². The number of benzene rings is 1. The van der Waals surface area contributed by atoms with Crippen LogP contribution in [0.4, 0.5) is 18.0 Å². The van der Waals surface area contributed by atoms with Gasteiger partial charge in [0.05, 0.1) is 11.6 Å². The molecule has 2 N–H and O–H groups in total. The van der Waals surface area contributed by atoms with Crippen LogP contribution in [0, 0.1) is 0 Å². The summed E-state index contributed by atoms with van der Waals surface area (Å²) in [5, 5.41) is 0. The summed E-state index contributed by atoms with van der Waals surface area (Å²) in [6.45, 7) is 0.496. The number of urea groups is 1. The first kappa shape index (κ1) is 12.7. The van der Waals surface area contributed by atoms with Crippen molar-refractivity contribution in [1.29, 1.82) is 0 Å². The molecule has 1 aromatic rings. The first-order valence-corrected chi connectivity index (χ1v) is 5.63. The van der Waals surface area contributed by atoms with Crippen LogP contribution in [0.15, 0.2) is 24.3 Å². The van der Waals surface area contributed by atoms with Crippen LogP contribution in [-0.2, 0) is 6.18 Å². The highest BCUT2D eigenvalue weighted by molar-refractivity contribution is 5.73. The van der Waals surface area contributed by atoms with Gasteiger partial charge in [0, 0.05) is 6.54 Å². The van der Waals surface area contributed by atoms with Crippen LogP contribution in [0.3, 0.4) is 0 Å². The molecule has 1 heterocycles. The second-order valence-corrected chi connectivity index (χ2v) is 4.31. The van der Waals surface area contributed by atoms with Gasteiger partial charge in [-0.25, -0.2) is 4.79 Å². The summed E-state index contributed by atoms with van der Waals surface area (Å²) in [5.74, 6) is 0. The minimum absolute atomic E-state index is 0.343. The Morgan fingerprint density at radius 1 is 1.39 bits per heavy atom. The summed E-state index contributed by atoms with van der Waals surface area (Å²) in [4.78, 5) is 12.6. The summed E-state index contributed by atoms with van der Waals surface area (Å²) in [7, 11) is 0. The van der Waals surface area contributed by atoms with Gasteiger partial charge in [0.25, 0.3) is 0 Å². The number of primary amides is 1. The van der Waals surface area contributed by atoms with Gasteiger partial charge < -0.3 is 10.6 Å². The van der Waals surface area contributed by atoms with Gasteiger partial charge in [0.15, 0.2) is 0 Å². The Labute approximate surface area is 102 Å². The number of hydrogen-bond donors (Lipinski definition) is 1. The van der Waals surface area contributed by atoms with Crippen molar-refractivity contribution in [3.63, 3.8) is 0 Å². The summed E-state index contributed by atoms with van der Waals surface area (Å²) in [6, 6.07) is 4.13. The summed E-state index contributed by atoms with van der Waals surface area (Å²) in [5.41, 5.74) is 5.00. The van der Waals surface area contributed by atoms with E-state index in [1.165, 1.54) is 11.0 Å². The van der Waals surface area contributed by atoms with E-state index in [4.69, 9.17) is 5.73 Å². The summed E-state index contributed by atoms with van der Waals surface area (Å²) >= 11 is 0. The minimum atomic E-state index is -4.37. The third-order valence-electron chi connectivity index (χ3n) is 3.13. The van der Waals surface area contributed by atoms with Crippen molar-refractivity contribution in [2.45, 2.75) is 25.1 Å². The van der Waals surface area contributed by atoms with E-state index in [9.17, 15) is 18.0 Å². The largest absolute Gasteiger partial charge is 0.416 e. The molecule has 98 valence electrons. The summed E-state index contributed by atoms with van der Waals surface area (Å²) < 4.78 is 37.8. The highest BCUT2D eigenvalue weighted by atomic mass is 19.4. The van der Waals surface area contributed by atoms with Crippen molar-refractivity contribution >= 4 is 6.03 Å². The van der Waals surface area contributed by atoms with E-state index in [1.54, 1.807) is 6.07 Å². The molecule has 3 nitrogen and oxygen atoms in total. The van der Waals surface area contributed by atoms with Gasteiger partial charge in [-0.15, -0.1) is 0 Å². The highest BCUT2D eigenvalue weighted by Crippen LogP contribution is 2.35. The molecule has 1 aromatic carbocycles. The van der Waals surface area contributed by atoms with Crippen LogP contribution in [0.25, 0.3) is 0 Å². The van der Waals surface area contributed by atoms with E-state index < -0.39 is 17.8 Å². The molecule has 2 amide bonds. The molecule has 1 unspecified atom stereocenters. The average Bonchev–Trinajstić information content (AvgIpc) is 2.77. The van der Waals surface area contributed by atoms with Crippen molar-refractivity contribution in [2.75, 3.05) is 6.54 Å². The Morgan fingerprint density at radius 2 is 2.11 bits per heavy atom. The second kappa shape index (κ2) is 4.51. The number of carbonyl (C=O) groups excluding carboxylic acids is 1. The predicted octanol–water partition coefficient (Wildman–Crippen LogP) is 2.92.